The summed E-state index contributed by atoms with van der Waals surface area (Å²) >= 11 is 0. The minimum absolute atomic E-state index is 0.0437. The van der Waals surface area contributed by atoms with Gasteiger partial charge in [-0.1, -0.05) is 13.0 Å². The molecule has 2 heterocycles. The average Bonchev–Trinajstić information content (AvgIpc) is 3.33. The summed E-state index contributed by atoms with van der Waals surface area (Å²) < 4.78 is 0. The van der Waals surface area contributed by atoms with E-state index < -0.39 is 0 Å². The average molecular weight is 297 g/mol. The third-order valence-electron chi connectivity index (χ3n) is 5.15. The van der Waals surface area contributed by atoms with E-state index in [9.17, 15) is 9.59 Å². The smallest absolute Gasteiger partial charge is 0.243 e. The maximum absolute atomic E-state index is 12.1. The molecule has 0 aromatic heterocycles. The van der Waals surface area contributed by atoms with Gasteiger partial charge in [0.25, 0.3) is 0 Å². The Balaban J connectivity index is 1.75. The van der Waals surface area contributed by atoms with Gasteiger partial charge in [0.2, 0.25) is 11.8 Å². The SMILES string of the molecule is CC1CCC(=O)N(C)c2ccc(C3=NNC(=O)C4CC34)cc21. The molecule has 4 rings (SSSR count). The summed E-state index contributed by atoms with van der Waals surface area (Å²) in [5.74, 6) is 0.933. The fourth-order valence-corrected chi connectivity index (χ4v) is 3.56. The molecular weight excluding hydrogens is 278 g/mol. The second kappa shape index (κ2) is 4.66. The largest absolute Gasteiger partial charge is 0.315 e. The molecule has 22 heavy (non-hydrogen) atoms. The highest BCUT2D eigenvalue weighted by molar-refractivity contribution is 6.10. The van der Waals surface area contributed by atoms with E-state index in [1.165, 1.54) is 5.56 Å². The van der Waals surface area contributed by atoms with Crippen molar-refractivity contribution in [2.45, 2.75) is 32.1 Å². The highest BCUT2D eigenvalue weighted by Crippen LogP contribution is 2.44. The van der Waals surface area contributed by atoms with Crippen LogP contribution in [0.4, 0.5) is 5.69 Å². The highest BCUT2D eigenvalue weighted by atomic mass is 16.2. The summed E-state index contributed by atoms with van der Waals surface area (Å²) in [6.45, 7) is 2.17. The molecule has 2 amide bonds. The van der Waals surface area contributed by atoms with Crippen LogP contribution in [-0.4, -0.2) is 24.6 Å². The lowest BCUT2D eigenvalue weighted by molar-refractivity contribution is -0.122. The Kier molecular flexibility index (Phi) is 2.86. The van der Waals surface area contributed by atoms with Gasteiger partial charge >= 0.3 is 0 Å². The molecule has 3 unspecified atom stereocenters. The maximum atomic E-state index is 12.1. The molecule has 2 aliphatic heterocycles. The number of carbonyl (C=O) groups excluding carboxylic acids is 2. The van der Waals surface area contributed by atoms with Crippen molar-refractivity contribution in [3.05, 3.63) is 29.3 Å². The van der Waals surface area contributed by atoms with Crippen LogP contribution in [0.2, 0.25) is 0 Å². The topological polar surface area (TPSA) is 61.8 Å². The fraction of sp³-hybridized carbons (Fsp3) is 0.471. The van der Waals surface area contributed by atoms with Gasteiger partial charge in [0.15, 0.2) is 0 Å². The number of carbonyl (C=O) groups is 2. The molecule has 0 saturated heterocycles. The first kappa shape index (κ1) is 13.5. The molecule has 0 radical (unpaired) electrons. The fourth-order valence-electron chi connectivity index (χ4n) is 3.56. The van der Waals surface area contributed by atoms with Gasteiger partial charge in [-0.25, -0.2) is 5.43 Å². The molecule has 1 fully saturated rings. The number of hydrogen-bond acceptors (Lipinski definition) is 3. The summed E-state index contributed by atoms with van der Waals surface area (Å²) in [4.78, 5) is 25.4. The first-order valence-electron chi connectivity index (χ1n) is 7.84. The summed E-state index contributed by atoms with van der Waals surface area (Å²) in [5.41, 5.74) is 6.87. The summed E-state index contributed by atoms with van der Waals surface area (Å²) in [7, 11) is 1.84. The normalized spacial score (nSPS) is 30.0. The van der Waals surface area contributed by atoms with Crippen LogP contribution in [0.3, 0.4) is 0 Å². The van der Waals surface area contributed by atoms with Crippen molar-refractivity contribution in [2.24, 2.45) is 16.9 Å². The second-order valence-electron chi connectivity index (χ2n) is 6.59. The number of benzene rings is 1. The van der Waals surface area contributed by atoms with Crippen LogP contribution in [-0.2, 0) is 9.59 Å². The van der Waals surface area contributed by atoms with Gasteiger partial charge in [0.05, 0.1) is 5.71 Å². The van der Waals surface area contributed by atoms with E-state index in [0.29, 0.717) is 12.3 Å². The Morgan fingerprint density at radius 2 is 2.09 bits per heavy atom. The number of rotatable bonds is 1. The van der Waals surface area contributed by atoms with Gasteiger partial charge in [-0.2, -0.15) is 5.10 Å². The Bertz CT molecular complexity index is 710. The molecule has 5 nitrogen and oxygen atoms in total. The van der Waals surface area contributed by atoms with Crippen LogP contribution in [0.1, 0.15) is 43.2 Å². The quantitative estimate of drug-likeness (QED) is 0.862. The minimum Gasteiger partial charge on any atom is -0.315 e. The van der Waals surface area contributed by atoms with Crippen LogP contribution in [0.5, 0.6) is 0 Å². The summed E-state index contributed by atoms with van der Waals surface area (Å²) in [6, 6.07) is 6.19. The molecule has 1 N–H and O–H groups in total. The Morgan fingerprint density at radius 3 is 2.91 bits per heavy atom. The molecule has 0 spiro atoms. The van der Waals surface area contributed by atoms with Crippen LogP contribution in [0.25, 0.3) is 0 Å². The molecule has 1 aromatic carbocycles. The molecule has 114 valence electrons. The van der Waals surface area contributed by atoms with E-state index in [2.05, 4.69) is 23.5 Å². The van der Waals surface area contributed by atoms with Gasteiger partial charge in [-0.3, -0.25) is 9.59 Å². The van der Waals surface area contributed by atoms with Crippen molar-refractivity contribution in [1.29, 1.82) is 0 Å². The minimum atomic E-state index is 0.0437. The third kappa shape index (κ3) is 1.95. The zero-order valence-electron chi connectivity index (χ0n) is 12.8. The number of nitrogens with zero attached hydrogens (tertiary/aromatic N) is 2. The van der Waals surface area contributed by atoms with E-state index in [4.69, 9.17) is 0 Å². The summed E-state index contributed by atoms with van der Waals surface area (Å²) in [5, 5.41) is 4.27. The van der Waals surface area contributed by atoms with Crippen molar-refractivity contribution in [3.63, 3.8) is 0 Å². The third-order valence-corrected chi connectivity index (χ3v) is 5.15. The Labute approximate surface area is 129 Å². The zero-order chi connectivity index (χ0) is 15.4. The molecule has 1 aliphatic carbocycles. The Morgan fingerprint density at radius 1 is 1.27 bits per heavy atom. The summed E-state index contributed by atoms with van der Waals surface area (Å²) in [6.07, 6.45) is 2.36. The number of nitrogens with one attached hydrogen (secondary N) is 1. The number of hydrazone groups is 1. The molecule has 0 bridgehead atoms. The molecule has 1 saturated carbocycles. The van der Waals surface area contributed by atoms with Crippen molar-refractivity contribution in [1.82, 2.24) is 5.43 Å². The van der Waals surface area contributed by atoms with Gasteiger partial charge in [-0.05, 0) is 42.0 Å². The predicted octanol–water partition coefficient (Wildman–Crippen LogP) is 2.02. The van der Waals surface area contributed by atoms with Gasteiger partial charge in [0, 0.05) is 31.0 Å². The number of amides is 2. The maximum Gasteiger partial charge on any atom is 0.243 e. The van der Waals surface area contributed by atoms with Crippen molar-refractivity contribution in [2.75, 3.05) is 11.9 Å². The number of fused-ring (bicyclic) bond motifs is 2. The highest BCUT2D eigenvalue weighted by Gasteiger charge is 2.49. The predicted molar refractivity (Wildman–Crippen MR) is 83.8 cm³/mol. The molecule has 3 aliphatic rings. The zero-order valence-corrected chi connectivity index (χ0v) is 12.8. The lowest BCUT2D eigenvalue weighted by Crippen LogP contribution is -2.29. The van der Waals surface area contributed by atoms with E-state index in [1.807, 2.05) is 19.2 Å². The van der Waals surface area contributed by atoms with Crippen molar-refractivity contribution >= 4 is 23.2 Å². The van der Waals surface area contributed by atoms with Crippen molar-refractivity contribution in [3.8, 4) is 0 Å². The van der Waals surface area contributed by atoms with Gasteiger partial charge < -0.3 is 4.90 Å². The lowest BCUT2D eigenvalue weighted by atomic mass is 9.92. The molecule has 1 aromatic rings. The first-order chi connectivity index (χ1) is 10.6. The number of anilines is 1. The molecule has 5 heteroatoms. The first-order valence-corrected chi connectivity index (χ1v) is 7.84. The van der Waals surface area contributed by atoms with E-state index >= 15 is 0 Å². The number of hydrogen-bond donors (Lipinski definition) is 1. The molecule has 3 atom stereocenters. The van der Waals surface area contributed by atoms with Crippen molar-refractivity contribution < 1.29 is 9.59 Å². The van der Waals surface area contributed by atoms with E-state index in [1.54, 1.807) is 4.90 Å². The van der Waals surface area contributed by atoms with Crippen LogP contribution in [0.15, 0.2) is 23.3 Å². The van der Waals surface area contributed by atoms with Crippen LogP contribution < -0.4 is 10.3 Å². The standard InChI is InChI=1S/C17H19N3O2/c1-9-3-6-15(21)20(2)14-5-4-10(7-11(9)14)16-12-8-13(12)17(22)19-18-16/h4-5,7,9,12-13H,3,6,8H2,1-2H3,(H,19,22). The van der Waals surface area contributed by atoms with Gasteiger partial charge in [-0.15, -0.1) is 0 Å². The molecular formula is C17H19N3O2. The van der Waals surface area contributed by atoms with Gasteiger partial charge in [0.1, 0.15) is 0 Å². The Hall–Kier alpha value is -2.17. The van der Waals surface area contributed by atoms with Crippen LogP contribution >= 0.6 is 0 Å². The second-order valence-corrected chi connectivity index (χ2v) is 6.59. The van der Waals surface area contributed by atoms with E-state index in [0.717, 1.165) is 29.8 Å². The van der Waals surface area contributed by atoms with Crippen LogP contribution in [0, 0.1) is 11.8 Å². The monoisotopic (exact) mass is 297 g/mol. The van der Waals surface area contributed by atoms with E-state index in [-0.39, 0.29) is 23.7 Å². The lowest BCUT2D eigenvalue weighted by Gasteiger charge is -2.21.